The topological polar surface area (TPSA) is 51.8 Å². The van der Waals surface area contributed by atoms with Crippen LogP contribution in [0.25, 0.3) is 0 Å². The van der Waals surface area contributed by atoms with E-state index in [0.717, 1.165) is 26.3 Å². The molecule has 1 heterocycles. The lowest BCUT2D eigenvalue weighted by atomic mass is 10.3. The Morgan fingerprint density at radius 3 is 2.68 bits per heavy atom. The van der Waals surface area contributed by atoms with Crippen molar-refractivity contribution in [1.82, 2.24) is 9.97 Å². The first-order chi connectivity index (χ1) is 9.15. The summed E-state index contributed by atoms with van der Waals surface area (Å²) in [4.78, 5) is 10.0. The number of hydrogen-bond acceptors (Lipinski definition) is 4. The molecule has 1 aliphatic rings. The Labute approximate surface area is 121 Å². The molecular formula is C14H14ClN3S. The molecule has 0 bridgehead atoms. The molecule has 2 N–H and O–H groups in total. The Balaban J connectivity index is 1.98. The van der Waals surface area contributed by atoms with Gasteiger partial charge in [-0.2, -0.15) is 0 Å². The second-order valence-electron chi connectivity index (χ2n) is 4.70. The van der Waals surface area contributed by atoms with Gasteiger partial charge in [-0.1, -0.05) is 35.5 Å². The van der Waals surface area contributed by atoms with Gasteiger partial charge < -0.3 is 5.73 Å². The van der Waals surface area contributed by atoms with Gasteiger partial charge in [-0.3, -0.25) is 0 Å². The van der Waals surface area contributed by atoms with Crippen LogP contribution >= 0.6 is 23.4 Å². The summed E-state index contributed by atoms with van der Waals surface area (Å²) in [5.41, 5.74) is 6.91. The first kappa shape index (κ1) is 12.8. The summed E-state index contributed by atoms with van der Waals surface area (Å²) in [5.74, 6) is 1.94. The molecule has 0 spiro atoms. The van der Waals surface area contributed by atoms with E-state index in [9.17, 15) is 0 Å². The van der Waals surface area contributed by atoms with Gasteiger partial charge in [0.15, 0.2) is 0 Å². The van der Waals surface area contributed by atoms with Gasteiger partial charge in [0.25, 0.3) is 0 Å². The van der Waals surface area contributed by atoms with E-state index in [4.69, 9.17) is 17.3 Å². The van der Waals surface area contributed by atoms with E-state index < -0.39 is 0 Å². The molecule has 19 heavy (non-hydrogen) atoms. The maximum Gasteiger partial charge on any atom is 0.135 e. The van der Waals surface area contributed by atoms with Gasteiger partial charge in [0, 0.05) is 16.4 Å². The summed E-state index contributed by atoms with van der Waals surface area (Å²) in [7, 11) is 0. The minimum atomic E-state index is 0.494. The van der Waals surface area contributed by atoms with Crippen LogP contribution in [0.4, 0.5) is 5.82 Å². The monoisotopic (exact) mass is 291 g/mol. The smallest absolute Gasteiger partial charge is 0.135 e. The molecule has 2 aromatic rings. The predicted molar refractivity (Wildman–Crippen MR) is 78.7 cm³/mol. The molecule has 0 radical (unpaired) electrons. The number of nitrogens with two attached hydrogens (primary N) is 1. The molecule has 1 fully saturated rings. The van der Waals surface area contributed by atoms with Gasteiger partial charge in [-0.15, -0.1) is 0 Å². The maximum absolute atomic E-state index is 6.19. The number of rotatable bonds is 3. The van der Waals surface area contributed by atoms with Crippen LogP contribution < -0.4 is 5.73 Å². The molecule has 0 saturated heterocycles. The average Bonchev–Trinajstić information content (AvgIpc) is 3.21. The first-order valence-electron chi connectivity index (χ1n) is 6.21. The van der Waals surface area contributed by atoms with Gasteiger partial charge in [0.05, 0.1) is 5.02 Å². The number of nitrogens with zero attached hydrogens (tertiary/aromatic N) is 2. The Morgan fingerprint density at radius 2 is 2.00 bits per heavy atom. The predicted octanol–water partition coefficient (Wildman–Crippen LogP) is 4.05. The second-order valence-corrected chi connectivity index (χ2v) is 6.14. The molecule has 0 aliphatic heterocycles. The van der Waals surface area contributed by atoms with Crippen LogP contribution in [-0.4, -0.2) is 9.97 Å². The highest BCUT2D eigenvalue weighted by molar-refractivity contribution is 7.99. The van der Waals surface area contributed by atoms with Crippen molar-refractivity contribution >= 4 is 29.2 Å². The van der Waals surface area contributed by atoms with Crippen molar-refractivity contribution in [2.75, 3.05) is 5.73 Å². The molecule has 1 saturated carbocycles. The van der Waals surface area contributed by atoms with E-state index in [2.05, 4.69) is 9.97 Å². The van der Waals surface area contributed by atoms with Crippen molar-refractivity contribution in [3.63, 3.8) is 0 Å². The van der Waals surface area contributed by atoms with Gasteiger partial charge in [0.1, 0.15) is 16.7 Å². The Kier molecular flexibility index (Phi) is 3.37. The highest BCUT2D eigenvalue weighted by Gasteiger charge is 2.28. The molecular weight excluding hydrogens is 278 g/mol. The fourth-order valence-electron chi connectivity index (χ4n) is 1.78. The summed E-state index contributed by atoms with van der Waals surface area (Å²) in [6.45, 7) is 1.95. The minimum absolute atomic E-state index is 0.494. The lowest BCUT2D eigenvalue weighted by Crippen LogP contribution is -2.03. The summed E-state index contributed by atoms with van der Waals surface area (Å²) < 4.78 is 0. The van der Waals surface area contributed by atoms with Gasteiger partial charge in [-0.25, -0.2) is 9.97 Å². The van der Waals surface area contributed by atoms with Crippen LogP contribution in [0, 0.1) is 6.92 Å². The van der Waals surface area contributed by atoms with Gasteiger partial charge in [-0.05, 0) is 31.9 Å². The van der Waals surface area contributed by atoms with E-state index in [0.29, 0.717) is 11.7 Å². The molecule has 98 valence electrons. The summed E-state index contributed by atoms with van der Waals surface area (Å²) in [6, 6.07) is 7.76. The number of benzene rings is 1. The van der Waals surface area contributed by atoms with Crippen molar-refractivity contribution in [2.45, 2.75) is 35.6 Å². The van der Waals surface area contributed by atoms with Crippen LogP contribution in [0.3, 0.4) is 0 Å². The van der Waals surface area contributed by atoms with E-state index in [-0.39, 0.29) is 0 Å². The van der Waals surface area contributed by atoms with Crippen molar-refractivity contribution in [3.8, 4) is 0 Å². The third-order valence-corrected chi connectivity index (χ3v) is 4.75. The standard InChI is InChI=1S/C14H14ClN3S/c1-8-12(16)17-13(9-6-7-9)18-14(8)19-11-5-3-2-4-10(11)15/h2-5,9H,6-7H2,1H3,(H2,16,17,18). The van der Waals surface area contributed by atoms with Crippen LogP contribution in [0.1, 0.15) is 30.1 Å². The number of anilines is 1. The number of nitrogen functional groups attached to an aromatic ring is 1. The Morgan fingerprint density at radius 1 is 1.26 bits per heavy atom. The lowest BCUT2D eigenvalue weighted by Gasteiger charge is -2.10. The van der Waals surface area contributed by atoms with Crippen LogP contribution in [0.15, 0.2) is 34.2 Å². The fourth-order valence-corrected chi connectivity index (χ4v) is 2.95. The normalized spacial score (nSPS) is 14.6. The molecule has 3 nitrogen and oxygen atoms in total. The van der Waals surface area contributed by atoms with Crippen LogP contribution in [0.2, 0.25) is 5.02 Å². The Bertz CT molecular complexity index is 626. The second kappa shape index (κ2) is 5.02. The fraction of sp³-hybridized carbons (Fsp3) is 0.286. The molecule has 0 atom stereocenters. The zero-order chi connectivity index (χ0) is 13.4. The van der Waals surface area contributed by atoms with Crippen molar-refractivity contribution in [1.29, 1.82) is 0 Å². The largest absolute Gasteiger partial charge is 0.383 e. The molecule has 5 heteroatoms. The zero-order valence-electron chi connectivity index (χ0n) is 10.6. The van der Waals surface area contributed by atoms with E-state index in [1.165, 1.54) is 12.8 Å². The minimum Gasteiger partial charge on any atom is -0.383 e. The summed E-state index contributed by atoms with van der Waals surface area (Å²) >= 11 is 7.74. The third-order valence-electron chi connectivity index (χ3n) is 3.14. The quantitative estimate of drug-likeness (QED) is 0.867. The number of halogens is 1. The molecule has 1 aliphatic carbocycles. The van der Waals surface area contributed by atoms with Crippen LogP contribution in [0.5, 0.6) is 0 Å². The van der Waals surface area contributed by atoms with Crippen LogP contribution in [-0.2, 0) is 0 Å². The summed E-state index contributed by atoms with van der Waals surface area (Å²) in [5, 5.41) is 1.64. The highest BCUT2D eigenvalue weighted by Crippen LogP contribution is 2.41. The molecule has 0 unspecified atom stereocenters. The Hall–Kier alpha value is -1.26. The zero-order valence-corrected chi connectivity index (χ0v) is 12.1. The first-order valence-corrected chi connectivity index (χ1v) is 7.41. The number of aromatic nitrogens is 2. The van der Waals surface area contributed by atoms with Crippen molar-refractivity contribution in [2.24, 2.45) is 0 Å². The van der Waals surface area contributed by atoms with Crippen molar-refractivity contribution in [3.05, 3.63) is 40.7 Å². The average molecular weight is 292 g/mol. The lowest BCUT2D eigenvalue weighted by molar-refractivity contribution is 0.868. The SMILES string of the molecule is Cc1c(N)nc(C2CC2)nc1Sc1ccccc1Cl. The summed E-state index contributed by atoms with van der Waals surface area (Å²) in [6.07, 6.45) is 2.33. The maximum atomic E-state index is 6.19. The number of hydrogen-bond donors (Lipinski definition) is 1. The molecule has 3 rings (SSSR count). The van der Waals surface area contributed by atoms with Gasteiger partial charge in [0.2, 0.25) is 0 Å². The molecule has 1 aromatic carbocycles. The molecule has 1 aromatic heterocycles. The van der Waals surface area contributed by atoms with E-state index in [1.54, 1.807) is 11.8 Å². The van der Waals surface area contributed by atoms with E-state index >= 15 is 0 Å². The van der Waals surface area contributed by atoms with Gasteiger partial charge >= 0.3 is 0 Å². The van der Waals surface area contributed by atoms with E-state index in [1.807, 2.05) is 31.2 Å². The molecule has 0 amide bonds. The third kappa shape index (κ3) is 2.69. The highest BCUT2D eigenvalue weighted by atomic mass is 35.5. The van der Waals surface area contributed by atoms with Crippen molar-refractivity contribution < 1.29 is 0 Å².